The lowest BCUT2D eigenvalue weighted by Gasteiger charge is -2.55. The van der Waals surface area contributed by atoms with Gasteiger partial charge in [-0.25, -0.2) is 0 Å². The lowest BCUT2D eigenvalue weighted by molar-refractivity contribution is -0.760. The van der Waals surface area contributed by atoms with E-state index in [0.29, 0.717) is 0 Å². The largest absolute Gasteiger partial charge is 0.481 e. The van der Waals surface area contributed by atoms with Crippen LogP contribution >= 0.6 is 0 Å². The van der Waals surface area contributed by atoms with Crippen LogP contribution in [0.3, 0.4) is 0 Å². The molecule has 0 amide bonds. The van der Waals surface area contributed by atoms with E-state index in [9.17, 15) is 24.8 Å². The van der Waals surface area contributed by atoms with Crippen LogP contribution < -0.4 is 0 Å². The number of hydrogen-bond donors (Lipinski definition) is 1. The van der Waals surface area contributed by atoms with E-state index in [2.05, 4.69) is 4.84 Å². The van der Waals surface area contributed by atoms with Crippen LogP contribution in [0.15, 0.2) is 0 Å². The maximum absolute atomic E-state index is 11.6. The van der Waals surface area contributed by atoms with Gasteiger partial charge in [0.1, 0.15) is 6.61 Å². The van der Waals surface area contributed by atoms with Crippen molar-refractivity contribution in [1.82, 2.24) is 5.06 Å². The van der Waals surface area contributed by atoms with Crippen molar-refractivity contribution in [1.29, 1.82) is 0 Å². The van der Waals surface area contributed by atoms with Gasteiger partial charge in [-0.05, 0) is 34.1 Å². The first-order valence-corrected chi connectivity index (χ1v) is 6.88. The van der Waals surface area contributed by atoms with Crippen molar-refractivity contribution in [3.8, 4) is 0 Å². The number of carbonyl (C=O) groups is 2. The molecule has 1 aliphatic rings. The van der Waals surface area contributed by atoms with Gasteiger partial charge in [-0.3, -0.25) is 9.59 Å². The van der Waals surface area contributed by atoms with Crippen molar-refractivity contribution < 1.29 is 29.5 Å². The third kappa shape index (κ3) is 3.65. The molecular weight excluding hydrogens is 296 g/mol. The highest BCUT2D eigenvalue weighted by Crippen LogP contribution is 2.45. The zero-order valence-corrected chi connectivity index (χ0v) is 13.4. The van der Waals surface area contributed by atoms with Gasteiger partial charge in [-0.1, -0.05) is 0 Å². The van der Waals surface area contributed by atoms with Crippen molar-refractivity contribution in [3.05, 3.63) is 10.1 Å². The molecule has 2 unspecified atom stereocenters. The zero-order valence-electron chi connectivity index (χ0n) is 13.4. The van der Waals surface area contributed by atoms with Crippen LogP contribution in [0.2, 0.25) is 0 Å². The maximum atomic E-state index is 11.6. The smallest absolute Gasteiger partial charge is 0.322 e. The Labute approximate surface area is 128 Å². The average Bonchev–Trinajstić information content (AvgIpc) is 2.32. The molecule has 22 heavy (non-hydrogen) atoms. The van der Waals surface area contributed by atoms with Crippen molar-refractivity contribution in [2.45, 2.75) is 52.1 Å². The summed E-state index contributed by atoms with van der Waals surface area (Å²) in [4.78, 5) is 43.0. The lowest BCUT2D eigenvalue weighted by Crippen LogP contribution is -2.67. The van der Waals surface area contributed by atoms with Crippen LogP contribution in [-0.2, 0) is 19.3 Å². The van der Waals surface area contributed by atoms with Crippen LogP contribution in [0.25, 0.3) is 0 Å². The summed E-state index contributed by atoms with van der Waals surface area (Å²) in [6, 6.07) is 0. The number of carboxylic acid groups (broad SMARTS) is 1. The summed E-state index contributed by atoms with van der Waals surface area (Å²) in [5.41, 5.74) is -1.68. The van der Waals surface area contributed by atoms with Gasteiger partial charge < -0.3 is 14.8 Å². The van der Waals surface area contributed by atoms with Gasteiger partial charge in [0.15, 0.2) is 0 Å². The topological polar surface area (TPSA) is 119 Å². The van der Waals surface area contributed by atoms with Crippen LogP contribution in [0, 0.1) is 22.0 Å². The minimum atomic E-state index is -1.06. The maximum Gasteiger partial charge on any atom is 0.322 e. The quantitative estimate of drug-likeness (QED) is 0.594. The molecule has 0 aromatic carbocycles. The second kappa shape index (κ2) is 6.07. The first-order valence-electron chi connectivity index (χ1n) is 6.88. The van der Waals surface area contributed by atoms with Gasteiger partial charge in [0.05, 0.1) is 17.0 Å². The fourth-order valence-corrected chi connectivity index (χ4v) is 3.28. The second-order valence-electron chi connectivity index (χ2n) is 6.62. The number of hydrogen-bond acceptors (Lipinski definition) is 7. The average molecular weight is 318 g/mol. The normalized spacial score (nSPS) is 27.0. The molecule has 0 aromatic heterocycles. The Bertz CT molecular complexity index is 475. The Morgan fingerprint density at radius 3 is 2.32 bits per heavy atom. The van der Waals surface area contributed by atoms with Crippen molar-refractivity contribution in [2.75, 3.05) is 6.61 Å². The predicted molar refractivity (Wildman–Crippen MR) is 73.9 cm³/mol. The highest BCUT2D eigenvalue weighted by molar-refractivity contribution is 5.71. The van der Waals surface area contributed by atoms with E-state index in [1.165, 1.54) is 12.0 Å². The molecule has 0 spiro atoms. The molecule has 1 fully saturated rings. The summed E-state index contributed by atoms with van der Waals surface area (Å²) >= 11 is 0. The van der Waals surface area contributed by atoms with Crippen molar-refractivity contribution in [3.63, 3.8) is 0 Å². The molecule has 1 saturated heterocycles. The third-order valence-corrected chi connectivity index (χ3v) is 4.08. The van der Waals surface area contributed by atoms with Crippen molar-refractivity contribution in [2.24, 2.45) is 11.8 Å². The Morgan fingerprint density at radius 2 is 1.91 bits per heavy atom. The highest BCUT2D eigenvalue weighted by Gasteiger charge is 2.56. The number of hydroxylamine groups is 2. The zero-order chi connectivity index (χ0) is 17.3. The Kier molecular flexibility index (Phi) is 5.01. The van der Waals surface area contributed by atoms with Crippen LogP contribution in [-0.4, -0.2) is 44.9 Å². The van der Waals surface area contributed by atoms with Gasteiger partial charge in [0.2, 0.25) is 0 Å². The number of carbonyl (C=O) groups excluding carboxylic acids is 1. The SMILES string of the molecule is CC(=O)ON1C(C)(C)CC(C(=O)O)C(CO[N+](=O)[O-])C1(C)C. The second-order valence-corrected chi connectivity index (χ2v) is 6.62. The molecule has 0 aromatic rings. The molecule has 0 radical (unpaired) electrons. The molecule has 1 heterocycles. The molecule has 1 rings (SSSR count). The Balaban J connectivity index is 3.20. The van der Waals surface area contributed by atoms with Gasteiger partial charge in [-0.15, -0.1) is 15.2 Å². The molecule has 0 bridgehead atoms. The lowest BCUT2D eigenvalue weighted by atomic mass is 9.67. The first kappa shape index (κ1) is 18.1. The van der Waals surface area contributed by atoms with Crippen LogP contribution in [0.5, 0.6) is 0 Å². The summed E-state index contributed by atoms with van der Waals surface area (Å²) in [6.45, 7) is 7.75. The minimum absolute atomic E-state index is 0.171. The molecule has 9 nitrogen and oxygen atoms in total. The van der Waals surface area contributed by atoms with Gasteiger partial charge >= 0.3 is 11.9 Å². The van der Waals surface area contributed by atoms with Gasteiger partial charge in [0.25, 0.3) is 5.09 Å². The molecule has 0 saturated carbocycles. The molecule has 9 heteroatoms. The summed E-state index contributed by atoms with van der Waals surface area (Å²) in [6.07, 6.45) is 0.171. The van der Waals surface area contributed by atoms with E-state index >= 15 is 0 Å². The van der Waals surface area contributed by atoms with E-state index < -0.39 is 39.9 Å². The standard InChI is InChI=1S/C13H22N2O7/c1-8(16)22-14-12(2,3)6-9(11(17)18)10(13(14,4)5)7-21-15(19)20/h9-10H,6-7H2,1-5H3,(H,17,18). The van der Waals surface area contributed by atoms with Crippen molar-refractivity contribution >= 4 is 11.9 Å². The molecule has 0 aliphatic carbocycles. The van der Waals surface area contributed by atoms with Gasteiger partial charge in [-0.2, -0.15) is 0 Å². The summed E-state index contributed by atoms with van der Waals surface area (Å²) in [5, 5.41) is 20.4. The monoisotopic (exact) mass is 318 g/mol. The van der Waals surface area contributed by atoms with E-state index in [-0.39, 0.29) is 13.0 Å². The fraction of sp³-hybridized carbons (Fsp3) is 0.846. The molecule has 1 aliphatic heterocycles. The summed E-state index contributed by atoms with van der Waals surface area (Å²) in [5.74, 6) is -3.16. The highest BCUT2D eigenvalue weighted by atomic mass is 16.9. The van der Waals surface area contributed by atoms with E-state index in [1.807, 2.05) is 0 Å². The minimum Gasteiger partial charge on any atom is -0.481 e. The van der Waals surface area contributed by atoms with Crippen LogP contribution in [0.1, 0.15) is 41.0 Å². The summed E-state index contributed by atoms with van der Waals surface area (Å²) < 4.78 is 0. The number of carboxylic acids is 1. The number of piperidine rings is 1. The Morgan fingerprint density at radius 1 is 1.36 bits per heavy atom. The van der Waals surface area contributed by atoms with E-state index in [1.54, 1.807) is 27.7 Å². The Hall–Kier alpha value is -1.90. The predicted octanol–water partition coefficient (Wildman–Crippen LogP) is 1.25. The number of rotatable bonds is 5. The molecular formula is C13H22N2O7. The first-order chi connectivity index (χ1) is 9.89. The molecule has 1 N–H and O–H groups in total. The number of aliphatic carboxylic acids is 1. The molecule has 126 valence electrons. The van der Waals surface area contributed by atoms with Crippen LogP contribution in [0.4, 0.5) is 0 Å². The van der Waals surface area contributed by atoms with Gasteiger partial charge in [0, 0.05) is 12.8 Å². The number of nitrogens with zero attached hydrogens (tertiary/aromatic N) is 2. The fourth-order valence-electron chi connectivity index (χ4n) is 3.28. The summed E-state index contributed by atoms with van der Waals surface area (Å²) in [7, 11) is 0. The molecule has 2 atom stereocenters. The van der Waals surface area contributed by atoms with E-state index in [4.69, 9.17) is 4.84 Å². The van der Waals surface area contributed by atoms with E-state index in [0.717, 1.165) is 0 Å². The third-order valence-electron chi connectivity index (χ3n) is 4.08.